The number of anilines is 1. The van der Waals surface area contributed by atoms with Crippen molar-refractivity contribution in [2.45, 2.75) is 38.6 Å². The van der Waals surface area contributed by atoms with Gasteiger partial charge in [0.2, 0.25) is 5.91 Å². The number of nitriles is 1. The molecule has 1 aromatic carbocycles. The Balaban J connectivity index is 1.90. The van der Waals surface area contributed by atoms with Gasteiger partial charge in [0.15, 0.2) is 0 Å². The molecule has 0 unspecified atom stereocenters. The molecule has 1 aliphatic rings. The first kappa shape index (κ1) is 15.8. The molecular formula is C16H20ClN3O. The van der Waals surface area contributed by atoms with Crippen molar-refractivity contribution in [3.05, 3.63) is 28.8 Å². The van der Waals surface area contributed by atoms with E-state index in [1.165, 1.54) is 19.3 Å². The van der Waals surface area contributed by atoms with Crippen molar-refractivity contribution in [1.29, 1.82) is 5.26 Å². The zero-order valence-corrected chi connectivity index (χ0v) is 12.9. The van der Waals surface area contributed by atoms with E-state index in [-0.39, 0.29) is 12.5 Å². The number of benzene rings is 1. The first-order valence-electron chi connectivity index (χ1n) is 7.33. The van der Waals surface area contributed by atoms with E-state index in [0.29, 0.717) is 28.2 Å². The van der Waals surface area contributed by atoms with Crippen LogP contribution in [-0.4, -0.2) is 18.5 Å². The summed E-state index contributed by atoms with van der Waals surface area (Å²) in [5.41, 5.74) is 0.882. The molecule has 1 fully saturated rings. The van der Waals surface area contributed by atoms with Gasteiger partial charge in [0.05, 0.1) is 17.8 Å². The topological polar surface area (TPSA) is 64.9 Å². The highest BCUT2D eigenvalue weighted by atomic mass is 35.5. The van der Waals surface area contributed by atoms with E-state index in [2.05, 4.69) is 17.6 Å². The molecule has 5 heteroatoms. The lowest BCUT2D eigenvalue weighted by atomic mass is 9.86. The lowest BCUT2D eigenvalue weighted by Crippen LogP contribution is -2.41. The number of carbonyl (C=O) groups excluding carboxylic acids is 1. The number of nitrogens with one attached hydrogen (secondary N) is 2. The number of rotatable bonds is 4. The van der Waals surface area contributed by atoms with Crippen LogP contribution >= 0.6 is 11.6 Å². The van der Waals surface area contributed by atoms with Crippen molar-refractivity contribution in [3.8, 4) is 6.07 Å². The van der Waals surface area contributed by atoms with Crippen LogP contribution in [0.15, 0.2) is 18.2 Å². The Kier molecular flexibility index (Phi) is 5.60. The highest BCUT2D eigenvalue weighted by Crippen LogP contribution is 2.23. The van der Waals surface area contributed by atoms with Crippen LogP contribution in [0.2, 0.25) is 5.02 Å². The normalized spacial score (nSPS) is 21.6. The molecule has 2 atom stereocenters. The third kappa shape index (κ3) is 4.45. The van der Waals surface area contributed by atoms with Crippen LogP contribution in [0.1, 0.15) is 38.2 Å². The van der Waals surface area contributed by atoms with Crippen LogP contribution in [0.3, 0.4) is 0 Å². The summed E-state index contributed by atoms with van der Waals surface area (Å²) in [6.45, 7) is 2.48. The molecule has 0 saturated heterocycles. The summed E-state index contributed by atoms with van der Waals surface area (Å²) in [6, 6.07) is 7.29. The van der Waals surface area contributed by atoms with Crippen LogP contribution < -0.4 is 10.6 Å². The zero-order chi connectivity index (χ0) is 15.2. The van der Waals surface area contributed by atoms with Gasteiger partial charge in [-0.3, -0.25) is 4.79 Å². The van der Waals surface area contributed by atoms with Gasteiger partial charge in [-0.15, -0.1) is 0 Å². The summed E-state index contributed by atoms with van der Waals surface area (Å²) in [5.74, 6) is 0.457. The van der Waals surface area contributed by atoms with E-state index in [1.54, 1.807) is 18.2 Å². The first-order valence-corrected chi connectivity index (χ1v) is 7.71. The van der Waals surface area contributed by atoms with Crippen LogP contribution in [0.4, 0.5) is 5.69 Å². The quantitative estimate of drug-likeness (QED) is 0.897. The second kappa shape index (κ2) is 7.44. The molecule has 0 aromatic heterocycles. The molecule has 2 N–H and O–H groups in total. The van der Waals surface area contributed by atoms with Gasteiger partial charge in [-0.25, -0.2) is 0 Å². The SMILES string of the molecule is C[C@@H]1CCCC[C@@H]1NCC(=O)Nc1cc(Cl)ccc1C#N. The minimum absolute atomic E-state index is 0.147. The van der Waals surface area contributed by atoms with Gasteiger partial charge in [-0.2, -0.15) is 5.26 Å². The van der Waals surface area contributed by atoms with E-state index in [4.69, 9.17) is 16.9 Å². The average Bonchev–Trinajstić information content (AvgIpc) is 2.47. The third-order valence-electron chi connectivity index (χ3n) is 4.01. The van der Waals surface area contributed by atoms with Gasteiger partial charge in [-0.1, -0.05) is 31.4 Å². The van der Waals surface area contributed by atoms with E-state index >= 15 is 0 Å². The second-order valence-corrected chi connectivity index (χ2v) is 6.04. The van der Waals surface area contributed by atoms with Crippen LogP contribution in [0, 0.1) is 17.2 Å². The van der Waals surface area contributed by atoms with Gasteiger partial charge in [0.1, 0.15) is 6.07 Å². The summed E-state index contributed by atoms with van der Waals surface area (Å²) in [7, 11) is 0. The minimum atomic E-state index is -0.147. The monoisotopic (exact) mass is 305 g/mol. The molecule has 4 nitrogen and oxygen atoms in total. The Morgan fingerprint density at radius 1 is 1.43 bits per heavy atom. The number of hydrogen-bond acceptors (Lipinski definition) is 3. The largest absolute Gasteiger partial charge is 0.324 e. The maximum atomic E-state index is 12.0. The number of hydrogen-bond donors (Lipinski definition) is 2. The fraction of sp³-hybridized carbons (Fsp3) is 0.500. The van der Waals surface area contributed by atoms with Crippen molar-refractivity contribution < 1.29 is 4.79 Å². The smallest absolute Gasteiger partial charge is 0.238 e. The highest BCUT2D eigenvalue weighted by Gasteiger charge is 2.21. The van der Waals surface area contributed by atoms with Crippen LogP contribution in [0.5, 0.6) is 0 Å². The first-order chi connectivity index (χ1) is 10.1. The van der Waals surface area contributed by atoms with Crippen molar-refractivity contribution >= 4 is 23.2 Å². The third-order valence-corrected chi connectivity index (χ3v) is 4.25. The van der Waals surface area contributed by atoms with Gasteiger partial charge < -0.3 is 10.6 Å². The van der Waals surface area contributed by atoms with E-state index in [1.807, 2.05) is 6.07 Å². The van der Waals surface area contributed by atoms with Gasteiger partial charge >= 0.3 is 0 Å². The van der Waals surface area contributed by atoms with Gasteiger partial charge in [0, 0.05) is 11.1 Å². The Morgan fingerprint density at radius 3 is 2.90 bits per heavy atom. The van der Waals surface area contributed by atoms with Crippen molar-refractivity contribution in [3.63, 3.8) is 0 Å². The highest BCUT2D eigenvalue weighted by molar-refractivity contribution is 6.31. The molecule has 1 amide bonds. The molecular weight excluding hydrogens is 286 g/mol. The molecule has 0 heterocycles. The molecule has 0 radical (unpaired) electrons. The summed E-state index contributed by atoms with van der Waals surface area (Å²) >= 11 is 5.90. The fourth-order valence-electron chi connectivity index (χ4n) is 2.76. The molecule has 1 aromatic rings. The predicted octanol–water partition coefficient (Wildman–Crippen LogP) is 3.32. The van der Waals surface area contributed by atoms with Crippen molar-refractivity contribution in [1.82, 2.24) is 5.32 Å². The number of nitrogens with zero attached hydrogens (tertiary/aromatic N) is 1. The summed E-state index contributed by atoms with van der Waals surface area (Å²) in [5, 5.41) is 15.6. The second-order valence-electron chi connectivity index (χ2n) is 5.60. The van der Waals surface area contributed by atoms with Crippen LogP contribution in [-0.2, 0) is 4.79 Å². The molecule has 2 rings (SSSR count). The molecule has 21 heavy (non-hydrogen) atoms. The Bertz CT molecular complexity index is 553. The molecule has 0 spiro atoms. The minimum Gasteiger partial charge on any atom is -0.324 e. The molecule has 112 valence electrons. The average molecular weight is 306 g/mol. The van der Waals surface area contributed by atoms with Gasteiger partial charge in [-0.05, 0) is 37.0 Å². The van der Waals surface area contributed by atoms with E-state index < -0.39 is 0 Å². The number of halogens is 1. The molecule has 0 bridgehead atoms. The van der Waals surface area contributed by atoms with Crippen molar-refractivity contribution in [2.75, 3.05) is 11.9 Å². The molecule has 1 saturated carbocycles. The Hall–Kier alpha value is -1.57. The van der Waals surface area contributed by atoms with E-state index in [0.717, 1.165) is 6.42 Å². The summed E-state index contributed by atoms with van der Waals surface area (Å²) in [6.07, 6.45) is 4.83. The predicted molar refractivity (Wildman–Crippen MR) is 84.2 cm³/mol. The molecule has 1 aliphatic carbocycles. The molecule has 0 aliphatic heterocycles. The Labute approximate surface area is 130 Å². The number of carbonyl (C=O) groups is 1. The zero-order valence-electron chi connectivity index (χ0n) is 12.2. The standard InChI is InChI=1S/C16H20ClN3O/c1-11-4-2-3-5-14(11)19-10-16(21)20-15-8-13(17)7-6-12(15)9-18/h6-8,11,14,19H,2-5,10H2,1H3,(H,20,21)/t11-,14+/m1/s1. The fourth-order valence-corrected chi connectivity index (χ4v) is 2.93. The van der Waals surface area contributed by atoms with Crippen LogP contribution in [0.25, 0.3) is 0 Å². The number of amides is 1. The lowest BCUT2D eigenvalue weighted by Gasteiger charge is -2.29. The maximum absolute atomic E-state index is 12.0. The Morgan fingerprint density at radius 2 is 2.19 bits per heavy atom. The summed E-state index contributed by atoms with van der Waals surface area (Å²) in [4.78, 5) is 12.0. The lowest BCUT2D eigenvalue weighted by molar-refractivity contribution is -0.115. The summed E-state index contributed by atoms with van der Waals surface area (Å²) < 4.78 is 0. The maximum Gasteiger partial charge on any atom is 0.238 e. The van der Waals surface area contributed by atoms with Crippen molar-refractivity contribution in [2.24, 2.45) is 5.92 Å². The van der Waals surface area contributed by atoms with Gasteiger partial charge in [0.25, 0.3) is 0 Å². The van der Waals surface area contributed by atoms with E-state index in [9.17, 15) is 4.79 Å².